The molecule has 0 aromatic heterocycles. The maximum Gasteiger partial charge on any atom is 0.305 e. The third-order valence-corrected chi connectivity index (χ3v) is 6.73. The van der Waals surface area contributed by atoms with Gasteiger partial charge in [-0.15, -0.1) is 6.58 Å². The third-order valence-electron chi connectivity index (χ3n) is 6.73. The van der Waals surface area contributed by atoms with Crippen molar-refractivity contribution in [1.29, 1.82) is 0 Å². The van der Waals surface area contributed by atoms with Gasteiger partial charge in [0.1, 0.15) is 0 Å². The molecule has 0 amide bonds. The van der Waals surface area contributed by atoms with Crippen molar-refractivity contribution >= 4 is 17.5 Å². The highest BCUT2D eigenvalue weighted by Gasteiger charge is 2.43. The second-order valence-electron chi connectivity index (χ2n) is 8.73. The van der Waals surface area contributed by atoms with Crippen molar-refractivity contribution in [2.24, 2.45) is 0 Å². The molecule has 1 aromatic carbocycles. The van der Waals surface area contributed by atoms with E-state index in [1.807, 2.05) is 11.0 Å². The predicted molar refractivity (Wildman–Crippen MR) is 122 cm³/mol. The molecule has 33 heavy (non-hydrogen) atoms. The van der Waals surface area contributed by atoms with Gasteiger partial charge in [-0.3, -0.25) is 14.4 Å². The molecule has 1 aromatic rings. The van der Waals surface area contributed by atoms with Crippen LogP contribution in [-0.4, -0.2) is 46.3 Å². The lowest BCUT2D eigenvalue weighted by Gasteiger charge is -2.44. The summed E-state index contributed by atoms with van der Waals surface area (Å²) in [5, 5.41) is 19.9. The summed E-state index contributed by atoms with van der Waals surface area (Å²) in [5.74, 6) is -1.17. The van der Waals surface area contributed by atoms with Crippen molar-refractivity contribution in [3.05, 3.63) is 58.5 Å². The van der Waals surface area contributed by atoms with Gasteiger partial charge in [0.2, 0.25) is 0 Å². The average Bonchev–Trinajstić information content (AvgIpc) is 2.79. The predicted octanol–water partition coefficient (Wildman–Crippen LogP) is 4.02. The number of rotatable bonds is 7. The Bertz CT molecular complexity index is 1050. The number of aliphatic carboxylic acids is 1. The SMILES string of the molecule is C=CCc1cc(C2C3=C(CCCC3=O)N(CCC(=O)O)C3=C2C(=O)CCC3)cc(OC)c1O. The third kappa shape index (κ3) is 4.08. The Morgan fingerprint density at radius 3 is 2.24 bits per heavy atom. The molecule has 1 heterocycles. The maximum absolute atomic E-state index is 13.3. The van der Waals surface area contributed by atoms with E-state index < -0.39 is 11.9 Å². The second kappa shape index (κ2) is 9.25. The number of benzene rings is 1. The molecular formula is C26H29NO6. The Morgan fingerprint density at radius 2 is 1.73 bits per heavy atom. The summed E-state index contributed by atoms with van der Waals surface area (Å²) >= 11 is 0. The van der Waals surface area contributed by atoms with Crippen molar-refractivity contribution < 1.29 is 29.3 Å². The first-order valence-corrected chi connectivity index (χ1v) is 11.4. The quantitative estimate of drug-likeness (QED) is 0.604. The van der Waals surface area contributed by atoms with Gasteiger partial charge in [0.05, 0.1) is 13.5 Å². The smallest absolute Gasteiger partial charge is 0.305 e. The lowest BCUT2D eigenvalue weighted by molar-refractivity contribution is -0.137. The zero-order valence-electron chi connectivity index (χ0n) is 18.9. The minimum absolute atomic E-state index is 0.0104. The van der Waals surface area contributed by atoms with E-state index >= 15 is 0 Å². The van der Waals surface area contributed by atoms with Crippen LogP contribution < -0.4 is 4.74 Å². The summed E-state index contributed by atoms with van der Waals surface area (Å²) in [5.41, 5.74) is 4.18. The van der Waals surface area contributed by atoms with Crippen LogP contribution in [0.4, 0.5) is 0 Å². The highest BCUT2D eigenvalue weighted by Crippen LogP contribution is 2.50. The van der Waals surface area contributed by atoms with Crippen molar-refractivity contribution in [2.45, 2.75) is 57.3 Å². The largest absolute Gasteiger partial charge is 0.504 e. The van der Waals surface area contributed by atoms with E-state index in [4.69, 9.17) is 4.74 Å². The standard InChI is InChI=1S/C26H29NO6/c1-3-6-15-13-16(14-21(33-2)26(15)32)23-24-17(7-4-9-19(24)28)27(12-11-22(30)31)18-8-5-10-20(29)25(18)23/h3,13-14,23,32H,1,4-12H2,2H3,(H,30,31). The number of ketones is 2. The van der Waals surface area contributed by atoms with E-state index in [1.165, 1.54) is 7.11 Å². The molecule has 0 radical (unpaired) electrons. The summed E-state index contributed by atoms with van der Waals surface area (Å²) < 4.78 is 5.41. The number of methoxy groups -OCH3 is 1. The van der Waals surface area contributed by atoms with E-state index in [1.54, 1.807) is 12.1 Å². The Labute approximate surface area is 193 Å². The van der Waals surface area contributed by atoms with Crippen LogP contribution in [0.15, 0.2) is 47.3 Å². The molecule has 2 N–H and O–H groups in total. The highest BCUT2D eigenvalue weighted by molar-refractivity contribution is 6.06. The molecule has 0 spiro atoms. The molecule has 0 saturated heterocycles. The van der Waals surface area contributed by atoms with Crippen LogP contribution in [0.5, 0.6) is 11.5 Å². The molecule has 3 aliphatic rings. The number of carbonyl (C=O) groups is 3. The van der Waals surface area contributed by atoms with Gasteiger partial charge < -0.3 is 19.8 Å². The van der Waals surface area contributed by atoms with Crippen molar-refractivity contribution in [1.82, 2.24) is 4.90 Å². The number of hydrogen-bond acceptors (Lipinski definition) is 6. The van der Waals surface area contributed by atoms with Crippen LogP contribution >= 0.6 is 0 Å². The van der Waals surface area contributed by atoms with E-state index in [-0.39, 0.29) is 36.0 Å². The summed E-state index contributed by atoms with van der Waals surface area (Å²) in [4.78, 5) is 39.8. The van der Waals surface area contributed by atoms with Gasteiger partial charge in [0, 0.05) is 53.4 Å². The van der Waals surface area contributed by atoms with Crippen LogP contribution in [-0.2, 0) is 20.8 Å². The lowest BCUT2D eigenvalue weighted by Crippen LogP contribution is -2.40. The van der Waals surface area contributed by atoms with Crippen molar-refractivity contribution in [3.8, 4) is 11.5 Å². The average molecular weight is 452 g/mol. The molecular weight excluding hydrogens is 422 g/mol. The molecule has 0 bridgehead atoms. The summed E-state index contributed by atoms with van der Waals surface area (Å²) in [7, 11) is 1.47. The number of phenols is 1. The van der Waals surface area contributed by atoms with Gasteiger partial charge in [-0.05, 0) is 43.7 Å². The monoisotopic (exact) mass is 451 g/mol. The van der Waals surface area contributed by atoms with Gasteiger partial charge in [0.25, 0.3) is 0 Å². The summed E-state index contributed by atoms with van der Waals surface area (Å²) in [6.45, 7) is 4.00. The molecule has 7 nitrogen and oxygen atoms in total. The van der Waals surface area contributed by atoms with E-state index in [2.05, 4.69) is 6.58 Å². The maximum atomic E-state index is 13.3. The Balaban J connectivity index is 1.95. The first kappa shape index (κ1) is 22.8. The van der Waals surface area contributed by atoms with E-state index in [9.17, 15) is 24.6 Å². The minimum Gasteiger partial charge on any atom is -0.504 e. The first-order valence-electron chi connectivity index (χ1n) is 11.4. The number of carbonyl (C=O) groups excluding carboxylic acids is 2. The summed E-state index contributed by atoms with van der Waals surface area (Å²) in [6.07, 6.45) is 5.54. The van der Waals surface area contributed by atoms with Crippen LogP contribution in [0.25, 0.3) is 0 Å². The topological polar surface area (TPSA) is 104 Å². The normalized spacial score (nSPS) is 18.9. The number of phenolic OH excluding ortho intramolecular Hbond substituents is 1. The molecule has 174 valence electrons. The van der Waals surface area contributed by atoms with E-state index in [0.717, 1.165) is 17.0 Å². The fraction of sp³-hybridized carbons (Fsp3) is 0.423. The summed E-state index contributed by atoms with van der Waals surface area (Å²) in [6, 6.07) is 3.54. The minimum atomic E-state index is -0.914. The zero-order valence-corrected chi connectivity index (χ0v) is 18.9. The fourth-order valence-electron chi connectivity index (χ4n) is 5.35. The fourth-order valence-corrected chi connectivity index (χ4v) is 5.35. The van der Waals surface area contributed by atoms with Gasteiger partial charge >= 0.3 is 5.97 Å². The molecule has 1 aliphatic heterocycles. The highest BCUT2D eigenvalue weighted by atomic mass is 16.5. The van der Waals surface area contributed by atoms with E-state index in [0.29, 0.717) is 61.7 Å². The molecule has 7 heteroatoms. The number of carboxylic acid groups (broad SMARTS) is 1. The Hall–Kier alpha value is -3.35. The molecule has 4 rings (SSSR count). The number of nitrogens with zero attached hydrogens (tertiary/aromatic N) is 1. The van der Waals surface area contributed by atoms with Crippen LogP contribution in [0.1, 0.15) is 62.0 Å². The molecule has 2 aliphatic carbocycles. The lowest BCUT2D eigenvalue weighted by atomic mass is 9.70. The number of carboxylic acids is 1. The number of hydrogen-bond donors (Lipinski definition) is 2. The van der Waals surface area contributed by atoms with Gasteiger partial charge in [-0.1, -0.05) is 12.1 Å². The number of allylic oxidation sites excluding steroid dienone is 5. The van der Waals surface area contributed by atoms with Crippen LogP contribution in [0.3, 0.4) is 0 Å². The second-order valence-corrected chi connectivity index (χ2v) is 8.73. The van der Waals surface area contributed by atoms with Gasteiger partial charge in [-0.2, -0.15) is 0 Å². The zero-order chi connectivity index (χ0) is 23.7. The van der Waals surface area contributed by atoms with Gasteiger partial charge in [-0.25, -0.2) is 0 Å². The van der Waals surface area contributed by atoms with Crippen LogP contribution in [0, 0.1) is 0 Å². The van der Waals surface area contributed by atoms with Crippen LogP contribution in [0.2, 0.25) is 0 Å². The van der Waals surface area contributed by atoms with Crippen molar-refractivity contribution in [2.75, 3.05) is 13.7 Å². The number of ether oxygens (including phenoxy) is 1. The Morgan fingerprint density at radius 1 is 1.12 bits per heavy atom. The number of aromatic hydroxyl groups is 1. The molecule has 0 saturated carbocycles. The first-order chi connectivity index (χ1) is 15.9. The molecule has 0 fully saturated rings. The number of Topliss-reactive ketones (excluding diaryl/α,β-unsaturated/α-hetero) is 2. The van der Waals surface area contributed by atoms with Crippen molar-refractivity contribution in [3.63, 3.8) is 0 Å². The van der Waals surface area contributed by atoms with Gasteiger partial charge in [0.15, 0.2) is 23.1 Å². The Kier molecular flexibility index (Phi) is 6.40. The molecule has 0 unspecified atom stereocenters. The molecule has 0 atom stereocenters.